The van der Waals surface area contributed by atoms with Crippen LogP contribution in [0.3, 0.4) is 0 Å². The molecule has 0 radical (unpaired) electrons. The third-order valence-corrected chi connectivity index (χ3v) is 6.23. The van der Waals surface area contributed by atoms with Crippen molar-refractivity contribution in [1.82, 2.24) is 9.62 Å². The standard InChI is InChI=1S/C10H16N2O2S2/c1-12(9-4-6-11-7-5-9)16(13,14)10-3-2-8-15-10/h2-3,8-9,11H,4-7H2,1H3. The number of nitrogens with one attached hydrogen (secondary N) is 1. The molecule has 1 aliphatic heterocycles. The van der Waals surface area contributed by atoms with Crippen LogP contribution in [0.1, 0.15) is 12.8 Å². The number of rotatable bonds is 3. The molecular weight excluding hydrogens is 244 g/mol. The molecule has 0 aromatic carbocycles. The molecule has 0 spiro atoms. The van der Waals surface area contributed by atoms with Crippen LogP contribution in [0.5, 0.6) is 0 Å². The molecule has 0 bridgehead atoms. The number of nitrogens with zero attached hydrogens (tertiary/aromatic N) is 1. The van der Waals surface area contributed by atoms with Gasteiger partial charge in [0, 0.05) is 13.1 Å². The van der Waals surface area contributed by atoms with E-state index in [1.165, 1.54) is 15.6 Å². The van der Waals surface area contributed by atoms with E-state index in [9.17, 15) is 8.42 Å². The number of hydrogen-bond donors (Lipinski definition) is 1. The van der Waals surface area contributed by atoms with Crippen LogP contribution in [0.4, 0.5) is 0 Å². The van der Waals surface area contributed by atoms with Crippen molar-refractivity contribution in [1.29, 1.82) is 0 Å². The Bertz CT molecular complexity index is 422. The predicted molar refractivity (Wildman–Crippen MR) is 65.2 cm³/mol. The highest BCUT2D eigenvalue weighted by Gasteiger charge is 2.29. The van der Waals surface area contributed by atoms with Crippen molar-refractivity contribution in [3.8, 4) is 0 Å². The number of thiophene rings is 1. The van der Waals surface area contributed by atoms with Crippen molar-refractivity contribution in [3.05, 3.63) is 17.5 Å². The molecule has 0 atom stereocenters. The van der Waals surface area contributed by atoms with E-state index in [1.807, 2.05) is 0 Å². The van der Waals surface area contributed by atoms with Gasteiger partial charge in [-0.25, -0.2) is 8.42 Å². The summed E-state index contributed by atoms with van der Waals surface area (Å²) >= 11 is 1.28. The van der Waals surface area contributed by atoms with Crippen LogP contribution in [0.15, 0.2) is 21.7 Å². The molecule has 2 heterocycles. The van der Waals surface area contributed by atoms with Crippen LogP contribution in [0.25, 0.3) is 0 Å². The molecule has 0 aliphatic carbocycles. The van der Waals surface area contributed by atoms with Gasteiger partial charge in [-0.2, -0.15) is 4.31 Å². The molecule has 0 saturated carbocycles. The van der Waals surface area contributed by atoms with Gasteiger partial charge in [0.05, 0.1) is 0 Å². The van der Waals surface area contributed by atoms with Crippen LogP contribution in [0, 0.1) is 0 Å². The Morgan fingerprint density at radius 3 is 2.69 bits per heavy atom. The molecule has 1 N–H and O–H groups in total. The average molecular weight is 260 g/mol. The highest BCUT2D eigenvalue weighted by atomic mass is 32.2. The minimum absolute atomic E-state index is 0.133. The van der Waals surface area contributed by atoms with Crippen molar-refractivity contribution in [2.45, 2.75) is 23.1 Å². The molecule has 6 heteroatoms. The SMILES string of the molecule is CN(C1CCNCC1)S(=O)(=O)c1cccs1. The van der Waals surface area contributed by atoms with Crippen molar-refractivity contribution >= 4 is 21.4 Å². The summed E-state index contributed by atoms with van der Waals surface area (Å²) in [6.45, 7) is 1.80. The fourth-order valence-corrected chi connectivity index (χ4v) is 4.51. The number of hydrogen-bond acceptors (Lipinski definition) is 4. The molecule has 1 aromatic rings. The maximum absolute atomic E-state index is 12.2. The second kappa shape index (κ2) is 4.83. The lowest BCUT2D eigenvalue weighted by Crippen LogP contribution is -2.43. The molecule has 4 nitrogen and oxygen atoms in total. The summed E-state index contributed by atoms with van der Waals surface area (Å²) in [7, 11) is -1.59. The zero-order valence-corrected chi connectivity index (χ0v) is 10.9. The summed E-state index contributed by atoms with van der Waals surface area (Å²) in [6.07, 6.45) is 1.78. The van der Waals surface area contributed by atoms with Crippen molar-refractivity contribution in [2.24, 2.45) is 0 Å². The van der Waals surface area contributed by atoms with Gasteiger partial charge in [0.25, 0.3) is 10.0 Å². The number of piperidine rings is 1. The lowest BCUT2D eigenvalue weighted by Gasteiger charge is -2.30. The topological polar surface area (TPSA) is 49.4 Å². The van der Waals surface area contributed by atoms with Gasteiger partial charge in [-0.3, -0.25) is 0 Å². The van der Waals surface area contributed by atoms with E-state index in [4.69, 9.17) is 0 Å². The molecule has 0 unspecified atom stereocenters. The van der Waals surface area contributed by atoms with Crippen LogP contribution in [-0.4, -0.2) is 38.9 Å². The third-order valence-electron chi connectivity index (χ3n) is 2.95. The van der Waals surface area contributed by atoms with Crippen LogP contribution in [0.2, 0.25) is 0 Å². The van der Waals surface area contributed by atoms with Gasteiger partial charge in [0.2, 0.25) is 0 Å². The Morgan fingerprint density at radius 2 is 2.12 bits per heavy atom. The highest BCUT2D eigenvalue weighted by Crippen LogP contribution is 2.23. The summed E-state index contributed by atoms with van der Waals surface area (Å²) < 4.78 is 26.4. The first kappa shape index (κ1) is 12.0. The van der Waals surface area contributed by atoms with Gasteiger partial charge in [-0.05, 0) is 37.4 Å². The maximum atomic E-state index is 12.2. The lowest BCUT2D eigenvalue weighted by molar-refractivity contribution is 0.297. The van der Waals surface area contributed by atoms with Crippen LogP contribution in [-0.2, 0) is 10.0 Å². The molecular formula is C10H16N2O2S2. The summed E-state index contributed by atoms with van der Waals surface area (Å²) in [5.41, 5.74) is 0. The molecule has 2 rings (SSSR count). The van der Waals surface area contributed by atoms with E-state index < -0.39 is 10.0 Å². The fraction of sp³-hybridized carbons (Fsp3) is 0.600. The monoisotopic (exact) mass is 260 g/mol. The second-order valence-electron chi connectivity index (χ2n) is 3.93. The zero-order valence-electron chi connectivity index (χ0n) is 9.22. The molecule has 1 saturated heterocycles. The normalized spacial score (nSPS) is 19.1. The van der Waals surface area contributed by atoms with E-state index in [2.05, 4.69) is 5.32 Å². The average Bonchev–Trinajstić information content (AvgIpc) is 2.83. The minimum atomic E-state index is -3.27. The van der Waals surface area contributed by atoms with Crippen molar-refractivity contribution in [3.63, 3.8) is 0 Å². The van der Waals surface area contributed by atoms with E-state index in [1.54, 1.807) is 24.6 Å². The Hall–Kier alpha value is -0.430. The maximum Gasteiger partial charge on any atom is 0.252 e. The Kier molecular flexibility index (Phi) is 3.63. The molecule has 90 valence electrons. The Balaban J connectivity index is 2.17. The van der Waals surface area contributed by atoms with E-state index in [-0.39, 0.29) is 6.04 Å². The van der Waals surface area contributed by atoms with Crippen molar-refractivity contribution in [2.75, 3.05) is 20.1 Å². The molecule has 1 aromatic heterocycles. The van der Waals surface area contributed by atoms with Gasteiger partial charge in [0.15, 0.2) is 0 Å². The van der Waals surface area contributed by atoms with Crippen LogP contribution >= 0.6 is 11.3 Å². The summed E-state index contributed by atoms with van der Waals surface area (Å²) in [5.74, 6) is 0. The van der Waals surface area contributed by atoms with Crippen LogP contribution < -0.4 is 5.32 Å². The second-order valence-corrected chi connectivity index (χ2v) is 7.11. The van der Waals surface area contributed by atoms with Gasteiger partial charge in [-0.15, -0.1) is 11.3 Å². The summed E-state index contributed by atoms with van der Waals surface area (Å²) in [4.78, 5) is 0. The van der Waals surface area contributed by atoms with Gasteiger partial charge in [-0.1, -0.05) is 6.07 Å². The molecule has 16 heavy (non-hydrogen) atoms. The quantitative estimate of drug-likeness (QED) is 0.886. The Labute approximate surface area is 100 Å². The van der Waals surface area contributed by atoms with E-state index in [0.29, 0.717) is 4.21 Å². The number of sulfonamides is 1. The minimum Gasteiger partial charge on any atom is -0.317 e. The molecule has 0 amide bonds. The third kappa shape index (κ3) is 2.29. The van der Waals surface area contributed by atoms with Crippen molar-refractivity contribution < 1.29 is 8.42 Å². The lowest BCUT2D eigenvalue weighted by atomic mass is 10.1. The largest absolute Gasteiger partial charge is 0.317 e. The summed E-state index contributed by atoms with van der Waals surface area (Å²) in [5, 5.41) is 5.03. The van der Waals surface area contributed by atoms with E-state index in [0.717, 1.165) is 25.9 Å². The zero-order chi connectivity index (χ0) is 11.6. The van der Waals surface area contributed by atoms with Gasteiger partial charge in [0.1, 0.15) is 4.21 Å². The van der Waals surface area contributed by atoms with E-state index >= 15 is 0 Å². The molecule has 1 aliphatic rings. The highest BCUT2D eigenvalue weighted by molar-refractivity contribution is 7.91. The van der Waals surface area contributed by atoms with Gasteiger partial charge >= 0.3 is 0 Å². The first-order valence-corrected chi connectivity index (χ1v) is 7.66. The summed E-state index contributed by atoms with van der Waals surface area (Å²) in [6, 6.07) is 3.57. The Morgan fingerprint density at radius 1 is 1.44 bits per heavy atom. The first-order chi connectivity index (χ1) is 7.62. The fourth-order valence-electron chi connectivity index (χ4n) is 1.92. The smallest absolute Gasteiger partial charge is 0.252 e. The molecule has 1 fully saturated rings. The van der Waals surface area contributed by atoms with Gasteiger partial charge < -0.3 is 5.32 Å². The predicted octanol–water partition coefficient (Wildman–Crippen LogP) is 1.12. The first-order valence-electron chi connectivity index (χ1n) is 5.34.